The highest BCUT2D eigenvalue weighted by Crippen LogP contribution is 2.34. The molecule has 0 aromatic heterocycles. The van der Waals surface area contributed by atoms with E-state index < -0.39 is 0 Å². The lowest BCUT2D eigenvalue weighted by molar-refractivity contribution is 0.408. The van der Waals surface area contributed by atoms with Crippen LogP contribution in [0.15, 0.2) is 42.5 Å². The van der Waals surface area contributed by atoms with Gasteiger partial charge in [0.25, 0.3) is 0 Å². The predicted octanol–water partition coefficient (Wildman–Crippen LogP) is 4.82. The second-order valence-corrected chi connectivity index (χ2v) is 5.65. The van der Waals surface area contributed by atoms with Crippen LogP contribution in [0.1, 0.15) is 21.5 Å². The van der Waals surface area contributed by atoms with Crippen molar-refractivity contribution in [3.8, 4) is 5.75 Å². The zero-order chi connectivity index (χ0) is 13.8. The molecule has 0 aliphatic rings. The fraction of sp³-hybridized carbons (Fsp3) is 0.250. The van der Waals surface area contributed by atoms with E-state index in [1.54, 1.807) is 13.2 Å². The Morgan fingerprint density at radius 3 is 2.68 bits per heavy atom. The number of rotatable bonds is 4. The first-order valence-corrected chi connectivity index (χ1v) is 7.05. The van der Waals surface area contributed by atoms with E-state index in [9.17, 15) is 4.39 Å². The Morgan fingerprint density at radius 2 is 2.00 bits per heavy atom. The van der Waals surface area contributed by atoms with Crippen LogP contribution in [0.2, 0.25) is 0 Å². The molecule has 1 nitrogen and oxygen atoms in total. The molecule has 0 saturated carbocycles. The molecule has 1 atom stereocenters. The first-order valence-electron chi connectivity index (χ1n) is 6.13. The van der Waals surface area contributed by atoms with Crippen molar-refractivity contribution in [1.29, 1.82) is 0 Å². The van der Waals surface area contributed by atoms with Crippen LogP contribution in [0.4, 0.5) is 4.39 Å². The van der Waals surface area contributed by atoms with Gasteiger partial charge in [0.05, 0.1) is 7.11 Å². The molecule has 0 bridgehead atoms. The molecule has 0 heterocycles. The van der Waals surface area contributed by atoms with E-state index >= 15 is 0 Å². The third kappa shape index (κ3) is 3.57. The molecule has 0 aliphatic heterocycles. The molecule has 0 N–H and O–H groups in total. The Labute approximate surface area is 121 Å². The average Bonchev–Trinajstić information content (AvgIpc) is 2.38. The van der Waals surface area contributed by atoms with E-state index in [1.807, 2.05) is 6.07 Å². The fourth-order valence-corrected chi connectivity index (χ4v) is 2.84. The van der Waals surface area contributed by atoms with Gasteiger partial charge in [-0.1, -0.05) is 45.8 Å². The highest BCUT2D eigenvalue weighted by atomic mass is 79.9. The van der Waals surface area contributed by atoms with Crippen molar-refractivity contribution in [2.75, 3.05) is 7.11 Å². The molecule has 0 aliphatic carbocycles. The highest BCUT2D eigenvalue weighted by molar-refractivity contribution is 9.09. The minimum Gasteiger partial charge on any atom is -0.496 e. The van der Waals surface area contributed by atoms with Gasteiger partial charge in [0.1, 0.15) is 11.6 Å². The van der Waals surface area contributed by atoms with Crippen molar-refractivity contribution in [2.24, 2.45) is 0 Å². The van der Waals surface area contributed by atoms with Crippen molar-refractivity contribution >= 4 is 15.9 Å². The minimum absolute atomic E-state index is 0.0277. The normalized spacial score (nSPS) is 12.2. The van der Waals surface area contributed by atoms with Crippen LogP contribution >= 0.6 is 15.9 Å². The zero-order valence-electron chi connectivity index (χ0n) is 11.0. The zero-order valence-corrected chi connectivity index (χ0v) is 12.6. The summed E-state index contributed by atoms with van der Waals surface area (Å²) in [6.07, 6.45) is 0.793. The maximum Gasteiger partial charge on any atom is 0.123 e. The molecule has 2 aromatic rings. The van der Waals surface area contributed by atoms with E-state index in [-0.39, 0.29) is 10.6 Å². The number of methoxy groups -OCH3 is 1. The molecule has 100 valence electrons. The number of hydrogen-bond acceptors (Lipinski definition) is 1. The largest absolute Gasteiger partial charge is 0.496 e. The van der Waals surface area contributed by atoms with Crippen molar-refractivity contribution in [3.05, 3.63) is 65.0 Å². The molecule has 19 heavy (non-hydrogen) atoms. The van der Waals surface area contributed by atoms with Gasteiger partial charge in [-0.2, -0.15) is 0 Å². The molecular formula is C16H16BrFO. The first kappa shape index (κ1) is 14.1. The van der Waals surface area contributed by atoms with Crippen LogP contribution in [-0.2, 0) is 6.42 Å². The molecule has 0 amide bonds. The van der Waals surface area contributed by atoms with E-state index in [4.69, 9.17) is 4.74 Å². The van der Waals surface area contributed by atoms with Gasteiger partial charge in [0, 0.05) is 10.4 Å². The summed E-state index contributed by atoms with van der Waals surface area (Å²) in [6.45, 7) is 2.06. The smallest absolute Gasteiger partial charge is 0.123 e. The van der Waals surface area contributed by atoms with Crippen molar-refractivity contribution in [1.82, 2.24) is 0 Å². The maximum atomic E-state index is 13.4. The van der Waals surface area contributed by atoms with Crippen LogP contribution in [0.25, 0.3) is 0 Å². The van der Waals surface area contributed by atoms with Crippen molar-refractivity contribution in [3.63, 3.8) is 0 Å². The van der Waals surface area contributed by atoms with E-state index in [0.717, 1.165) is 12.0 Å². The van der Waals surface area contributed by atoms with Crippen molar-refractivity contribution in [2.45, 2.75) is 18.2 Å². The van der Waals surface area contributed by atoms with E-state index in [2.05, 4.69) is 41.1 Å². The lowest BCUT2D eigenvalue weighted by atomic mass is 10.0. The Bertz CT molecular complexity index is 568. The lowest BCUT2D eigenvalue weighted by Gasteiger charge is -2.14. The lowest BCUT2D eigenvalue weighted by Crippen LogP contribution is -2.00. The molecule has 2 aromatic carbocycles. The van der Waals surface area contributed by atoms with Gasteiger partial charge >= 0.3 is 0 Å². The monoisotopic (exact) mass is 322 g/mol. The average molecular weight is 323 g/mol. The molecule has 0 fully saturated rings. The van der Waals surface area contributed by atoms with Crippen LogP contribution < -0.4 is 4.74 Å². The number of aryl methyl sites for hydroxylation is 1. The Hall–Kier alpha value is -1.35. The fourth-order valence-electron chi connectivity index (χ4n) is 2.11. The van der Waals surface area contributed by atoms with Crippen molar-refractivity contribution < 1.29 is 9.13 Å². The van der Waals surface area contributed by atoms with Gasteiger partial charge in [-0.05, 0) is 37.1 Å². The summed E-state index contributed by atoms with van der Waals surface area (Å²) >= 11 is 3.63. The number of benzene rings is 2. The summed E-state index contributed by atoms with van der Waals surface area (Å²) in [6, 6.07) is 12.9. The van der Waals surface area contributed by atoms with Crippen LogP contribution in [0, 0.1) is 12.7 Å². The van der Waals surface area contributed by atoms with Crippen LogP contribution in [0.5, 0.6) is 5.75 Å². The Balaban J connectivity index is 2.24. The molecule has 0 radical (unpaired) electrons. The number of hydrogen-bond donors (Lipinski definition) is 0. The molecule has 1 unspecified atom stereocenters. The van der Waals surface area contributed by atoms with Gasteiger partial charge < -0.3 is 4.74 Å². The minimum atomic E-state index is -0.246. The van der Waals surface area contributed by atoms with Crippen LogP contribution in [-0.4, -0.2) is 7.11 Å². The molecule has 0 spiro atoms. The van der Waals surface area contributed by atoms with Crippen LogP contribution in [0.3, 0.4) is 0 Å². The highest BCUT2D eigenvalue weighted by Gasteiger charge is 2.14. The molecule has 2 rings (SSSR count). The molecule has 0 saturated heterocycles. The summed E-state index contributed by atoms with van der Waals surface area (Å²) in [5.41, 5.74) is 3.28. The number of alkyl halides is 1. The second kappa shape index (κ2) is 6.20. The van der Waals surface area contributed by atoms with Gasteiger partial charge in [0.2, 0.25) is 0 Å². The second-order valence-electron chi connectivity index (χ2n) is 4.55. The standard InChI is InChI=1S/C16H16BrFO/c1-11-4-3-5-12(8-11)9-15(17)14-10-13(18)6-7-16(14)19-2/h3-8,10,15H,9H2,1-2H3. The van der Waals surface area contributed by atoms with Gasteiger partial charge in [-0.25, -0.2) is 4.39 Å². The SMILES string of the molecule is COc1ccc(F)cc1C(Br)Cc1cccc(C)c1. The summed E-state index contributed by atoms with van der Waals surface area (Å²) < 4.78 is 18.7. The summed E-state index contributed by atoms with van der Waals surface area (Å²) in [4.78, 5) is 0.0277. The van der Waals surface area contributed by atoms with Gasteiger partial charge in [-0.15, -0.1) is 0 Å². The number of halogens is 2. The molecule has 3 heteroatoms. The predicted molar refractivity (Wildman–Crippen MR) is 79.5 cm³/mol. The Morgan fingerprint density at radius 1 is 1.21 bits per heavy atom. The third-order valence-electron chi connectivity index (χ3n) is 3.03. The maximum absolute atomic E-state index is 13.4. The third-order valence-corrected chi connectivity index (χ3v) is 3.84. The Kier molecular flexibility index (Phi) is 4.59. The quantitative estimate of drug-likeness (QED) is 0.733. The first-order chi connectivity index (χ1) is 9.10. The topological polar surface area (TPSA) is 9.23 Å². The summed E-state index contributed by atoms with van der Waals surface area (Å²) in [5, 5.41) is 0. The summed E-state index contributed by atoms with van der Waals surface area (Å²) in [7, 11) is 1.60. The van der Waals surface area contributed by atoms with Gasteiger partial charge in [-0.3, -0.25) is 0 Å². The van der Waals surface area contributed by atoms with E-state index in [0.29, 0.717) is 5.75 Å². The summed E-state index contributed by atoms with van der Waals surface area (Å²) in [5.74, 6) is 0.459. The number of ether oxygens (including phenoxy) is 1. The van der Waals surface area contributed by atoms with Gasteiger partial charge in [0.15, 0.2) is 0 Å². The molecular weight excluding hydrogens is 307 g/mol. The van der Waals surface area contributed by atoms with E-state index in [1.165, 1.54) is 23.3 Å².